The predicted molar refractivity (Wildman–Crippen MR) is 67.9 cm³/mol. The molecule has 0 atom stereocenters. The molecule has 1 heterocycles. The van der Waals surface area contributed by atoms with Crippen LogP contribution in [0.4, 0.5) is 17.6 Å². The highest BCUT2D eigenvalue weighted by Gasteiger charge is 2.33. The quantitative estimate of drug-likeness (QED) is 0.656. The Morgan fingerprint density at radius 3 is 2.70 bits per heavy atom. The Morgan fingerprint density at radius 2 is 2.00 bits per heavy atom. The Bertz CT molecular complexity index is 812. The fourth-order valence-electron chi connectivity index (χ4n) is 2.01. The van der Waals surface area contributed by atoms with Crippen molar-refractivity contribution in [3.63, 3.8) is 0 Å². The second-order valence-electron chi connectivity index (χ2n) is 4.04. The van der Waals surface area contributed by atoms with Gasteiger partial charge in [-0.2, -0.15) is 5.10 Å². The molecule has 20 heavy (non-hydrogen) atoms. The first-order chi connectivity index (χ1) is 9.37. The van der Waals surface area contributed by atoms with Crippen molar-refractivity contribution >= 4 is 37.6 Å². The lowest BCUT2D eigenvalue weighted by Crippen LogP contribution is -2.18. The molecular weight excluding hydrogens is 344 g/mol. The summed E-state index contributed by atoms with van der Waals surface area (Å²) in [6.07, 6.45) is -3.54. The number of aromatic amines is 1. The van der Waals surface area contributed by atoms with Gasteiger partial charge in [0.2, 0.25) is 0 Å². The van der Waals surface area contributed by atoms with Gasteiger partial charge in [-0.1, -0.05) is 6.07 Å². The summed E-state index contributed by atoms with van der Waals surface area (Å²) in [5.41, 5.74) is 0.619. The van der Waals surface area contributed by atoms with Gasteiger partial charge in [0.1, 0.15) is 0 Å². The van der Waals surface area contributed by atoms with Crippen molar-refractivity contribution < 1.29 is 22.3 Å². The molecule has 3 aromatic rings. The number of nitrogens with zero attached hydrogens (tertiary/aromatic N) is 1. The third-order valence-electron chi connectivity index (χ3n) is 2.78. The Labute approximate surface area is 117 Å². The van der Waals surface area contributed by atoms with Crippen LogP contribution in [-0.4, -0.2) is 16.6 Å². The van der Waals surface area contributed by atoms with Gasteiger partial charge < -0.3 is 4.74 Å². The number of H-pyrrole nitrogens is 1. The van der Waals surface area contributed by atoms with Gasteiger partial charge in [0.05, 0.1) is 11.7 Å². The standard InChI is InChI=1S/C12H5BrF4N2O/c13-10-6-4-18-19-8(6)3-5-1-2-7(14)11(9(5)10)20-12(15,16)17/h1-4H,(H,18,19). The maximum Gasteiger partial charge on any atom is 0.573 e. The molecule has 1 N–H and O–H groups in total. The van der Waals surface area contributed by atoms with Gasteiger partial charge in [0.25, 0.3) is 0 Å². The summed E-state index contributed by atoms with van der Waals surface area (Å²) < 4.78 is 55.0. The van der Waals surface area contributed by atoms with Crippen molar-refractivity contribution in [2.24, 2.45) is 0 Å². The molecule has 0 fully saturated rings. The van der Waals surface area contributed by atoms with E-state index >= 15 is 0 Å². The average molecular weight is 349 g/mol. The molecule has 0 saturated carbocycles. The van der Waals surface area contributed by atoms with Gasteiger partial charge >= 0.3 is 6.36 Å². The topological polar surface area (TPSA) is 37.9 Å². The van der Waals surface area contributed by atoms with E-state index in [0.29, 0.717) is 16.3 Å². The molecule has 3 nitrogen and oxygen atoms in total. The number of rotatable bonds is 1. The summed E-state index contributed by atoms with van der Waals surface area (Å²) in [7, 11) is 0. The largest absolute Gasteiger partial charge is 0.573 e. The normalized spacial score (nSPS) is 12.2. The lowest BCUT2D eigenvalue weighted by molar-refractivity contribution is -0.275. The van der Waals surface area contributed by atoms with Gasteiger partial charge in [0.15, 0.2) is 11.6 Å². The molecule has 0 spiro atoms. The van der Waals surface area contributed by atoms with Gasteiger partial charge in [-0.15, -0.1) is 13.2 Å². The zero-order valence-electron chi connectivity index (χ0n) is 9.55. The third kappa shape index (κ3) is 2.09. The Kier molecular flexibility index (Phi) is 2.86. The zero-order valence-corrected chi connectivity index (χ0v) is 11.1. The van der Waals surface area contributed by atoms with E-state index in [0.717, 1.165) is 6.07 Å². The molecule has 8 heteroatoms. The SMILES string of the molecule is Fc1ccc2cc3[nH]ncc3c(Br)c2c1OC(F)(F)F. The van der Waals surface area contributed by atoms with Crippen LogP contribution in [0.15, 0.2) is 28.9 Å². The minimum Gasteiger partial charge on any atom is -0.402 e. The Hall–Kier alpha value is -1.83. The highest BCUT2D eigenvalue weighted by Crippen LogP contribution is 2.40. The van der Waals surface area contributed by atoms with Crippen LogP contribution in [0.25, 0.3) is 21.7 Å². The van der Waals surface area contributed by atoms with Crippen LogP contribution in [0, 0.1) is 5.82 Å². The average Bonchev–Trinajstić information content (AvgIpc) is 2.80. The van der Waals surface area contributed by atoms with Crippen molar-refractivity contribution in [2.45, 2.75) is 6.36 Å². The number of aromatic nitrogens is 2. The molecule has 0 aliphatic rings. The summed E-state index contributed by atoms with van der Waals surface area (Å²) >= 11 is 3.18. The van der Waals surface area contributed by atoms with Crippen LogP contribution in [0.3, 0.4) is 0 Å². The number of fused-ring (bicyclic) bond motifs is 2. The molecule has 0 saturated heterocycles. The van der Waals surface area contributed by atoms with E-state index in [9.17, 15) is 17.6 Å². The maximum atomic E-state index is 13.7. The van der Waals surface area contributed by atoms with Crippen LogP contribution >= 0.6 is 15.9 Å². The molecule has 2 aromatic carbocycles. The number of halogens is 5. The first-order valence-electron chi connectivity index (χ1n) is 5.36. The first kappa shape index (κ1) is 13.2. The van der Waals surface area contributed by atoms with E-state index in [4.69, 9.17) is 0 Å². The molecule has 104 valence electrons. The highest BCUT2D eigenvalue weighted by molar-refractivity contribution is 9.10. The van der Waals surface area contributed by atoms with Crippen LogP contribution in [0.5, 0.6) is 5.75 Å². The summed E-state index contributed by atoms with van der Waals surface area (Å²) in [4.78, 5) is 0. The molecule has 0 aliphatic carbocycles. The molecule has 0 amide bonds. The van der Waals surface area contributed by atoms with Gasteiger partial charge in [0, 0.05) is 15.2 Å². The summed E-state index contributed by atoms with van der Waals surface area (Å²) in [6, 6.07) is 3.88. The van der Waals surface area contributed by atoms with E-state index in [2.05, 4.69) is 30.9 Å². The predicted octanol–water partition coefficient (Wildman–Crippen LogP) is 4.52. The van der Waals surface area contributed by atoms with Crippen molar-refractivity contribution in [3.05, 3.63) is 34.7 Å². The molecule has 0 bridgehead atoms. The molecule has 0 aliphatic heterocycles. The van der Waals surface area contributed by atoms with E-state index in [-0.39, 0.29) is 9.86 Å². The number of alkyl halides is 3. The smallest absolute Gasteiger partial charge is 0.402 e. The Morgan fingerprint density at radius 1 is 1.25 bits per heavy atom. The van der Waals surface area contributed by atoms with Crippen molar-refractivity contribution in [1.29, 1.82) is 0 Å². The van der Waals surface area contributed by atoms with Crippen LogP contribution in [0.1, 0.15) is 0 Å². The van der Waals surface area contributed by atoms with Gasteiger partial charge in [-0.3, -0.25) is 5.10 Å². The number of ether oxygens (including phenoxy) is 1. The zero-order chi connectivity index (χ0) is 14.5. The first-order valence-corrected chi connectivity index (χ1v) is 6.15. The maximum absolute atomic E-state index is 13.7. The summed E-state index contributed by atoms with van der Waals surface area (Å²) in [5, 5.41) is 7.44. The number of benzene rings is 2. The second-order valence-corrected chi connectivity index (χ2v) is 4.84. The summed E-state index contributed by atoms with van der Waals surface area (Å²) in [6.45, 7) is 0. The minimum atomic E-state index is -4.97. The molecular formula is C12H5BrF4N2O. The van der Waals surface area contributed by atoms with E-state index in [1.165, 1.54) is 12.3 Å². The fraction of sp³-hybridized carbons (Fsp3) is 0.0833. The number of hydrogen-bond acceptors (Lipinski definition) is 2. The van der Waals surface area contributed by atoms with Crippen molar-refractivity contribution in [2.75, 3.05) is 0 Å². The van der Waals surface area contributed by atoms with E-state index in [1.807, 2.05) is 0 Å². The lowest BCUT2D eigenvalue weighted by atomic mass is 10.1. The van der Waals surface area contributed by atoms with E-state index in [1.54, 1.807) is 6.07 Å². The number of hydrogen-bond donors (Lipinski definition) is 1. The second kappa shape index (κ2) is 4.34. The van der Waals surface area contributed by atoms with Crippen molar-refractivity contribution in [1.82, 2.24) is 10.2 Å². The lowest BCUT2D eigenvalue weighted by Gasteiger charge is -2.13. The minimum absolute atomic E-state index is 0.0104. The van der Waals surface area contributed by atoms with Crippen molar-refractivity contribution in [3.8, 4) is 5.75 Å². The van der Waals surface area contributed by atoms with Crippen LogP contribution in [-0.2, 0) is 0 Å². The van der Waals surface area contributed by atoms with E-state index < -0.39 is 17.9 Å². The van der Waals surface area contributed by atoms with Crippen LogP contribution < -0.4 is 4.74 Å². The molecule has 0 unspecified atom stereocenters. The van der Waals surface area contributed by atoms with Crippen LogP contribution in [0.2, 0.25) is 0 Å². The molecule has 3 rings (SSSR count). The Balaban J connectivity index is 2.40. The molecule has 0 radical (unpaired) electrons. The van der Waals surface area contributed by atoms with Gasteiger partial charge in [-0.25, -0.2) is 4.39 Å². The third-order valence-corrected chi connectivity index (χ3v) is 3.61. The monoisotopic (exact) mass is 348 g/mol. The fourth-order valence-corrected chi connectivity index (χ4v) is 2.73. The highest BCUT2D eigenvalue weighted by atomic mass is 79.9. The molecule has 1 aromatic heterocycles. The van der Waals surface area contributed by atoms with Gasteiger partial charge in [-0.05, 0) is 33.4 Å². The summed E-state index contributed by atoms with van der Waals surface area (Å²) in [5.74, 6) is -1.94. The number of nitrogens with one attached hydrogen (secondary N) is 1.